The van der Waals surface area contributed by atoms with Gasteiger partial charge < -0.3 is 10.5 Å². The summed E-state index contributed by atoms with van der Waals surface area (Å²) in [6.45, 7) is 3.25. The van der Waals surface area contributed by atoms with Crippen LogP contribution >= 0.6 is 34.8 Å². The molecule has 3 aromatic rings. The van der Waals surface area contributed by atoms with Crippen molar-refractivity contribution in [1.29, 1.82) is 0 Å². The third kappa shape index (κ3) is 7.21. The molecule has 0 saturated carbocycles. The number of aromatic nitrogens is 1. The lowest BCUT2D eigenvalue weighted by molar-refractivity contribution is -0.140. The zero-order chi connectivity index (χ0) is 27.3. The molecule has 0 spiro atoms. The molecule has 1 heterocycles. The molecular formula is C25H24Cl3N3O5S. The number of benzene rings is 2. The van der Waals surface area contributed by atoms with Gasteiger partial charge in [-0.15, -0.1) is 0 Å². The van der Waals surface area contributed by atoms with Crippen molar-refractivity contribution in [3.63, 3.8) is 0 Å². The number of ether oxygens (including phenoxy) is 1. The largest absolute Gasteiger partial charge is 0.465 e. The van der Waals surface area contributed by atoms with Gasteiger partial charge in [-0.1, -0.05) is 53.0 Å². The van der Waals surface area contributed by atoms with Crippen LogP contribution in [-0.4, -0.2) is 37.6 Å². The van der Waals surface area contributed by atoms with Gasteiger partial charge in [-0.05, 0) is 55.3 Å². The van der Waals surface area contributed by atoms with E-state index in [1.54, 1.807) is 49.4 Å². The molecule has 0 radical (unpaired) electrons. The lowest BCUT2D eigenvalue weighted by atomic mass is 9.92. The first kappa shape index (κ1) is 28.9. The summed E-state index contributed by atoms with van der Waals surface area (Å²) in [7, 11) is -4.01. The standard InChI is InChI=1S/C25H24Cl3N3O5S/c1-3-36-22(32)13-37(34,35)30-12-15-10-20(16-6-4-7-17(26)14(16)2)31-21(11-15)24(25(29)33)23-18(27)8-5-9-19(23)28/h4-11,24,30H,3,12-13H2,1-2H3,(H2,29,33). The van der Waals surface area contributed by atoms with Gasteiger partial charge in [0.05, 0.1) is 18.0 Å². The lowest BCUT2D eigenvalue weighted by Crippen LogP contribution is -2.31. The Balaban J connectivity index is 2.13. The Labute approximate surface area is 230 Å². The van der Waals surface area contributed by atoms with Crippen LogP contribution in [0.1, 0.15) is 35.2 Å². The fourth-order valence-corrected chi connectivity index (χ4v) is 5.38. The number of carbonyl (C=O) groups excluding carboxylic acids is 2. The van der Waals surface area contributed by atoms with Gasteiger partial charge in [-0.3, -0.25) is 14.6 Å². The maximum Gasteiger partial charge on any atom is 0.322 e. The minimum atomic E-state index is -4.01. The van der Waals surface area contributed by atoms with E-state index in [4.69, 9.17) is 45.3 Å². The predicted molar refractivity (Wildman–Crippen MR) is 144 cm³/mol. The van der Waals surface area contributed by atoms with E-state index in [-0.39, 0.29) is 34.5 Å². The van der Waals surface area contributed by atoms with Crippen molar-refractivity contribution in [2.75, 3.05) is 12.4 Å². The number of nitrogens with one attached hydrogen (secondary N) is 1. The van der Waals surface area contributed by atoms with E-state index in [1.165, 1.54) is 6.07 Å². The van der Waals surface area contributed by atoms with Gasteiger partial charge in [-0.2, -0.15) is 0 Å². The summed E-state index contributed by atoms with van der Waals surface area (Å²) in [5, 5.41) is 0.945. The molecule has 196 valence electrons. The molecule has 3 N–H and O–H groups in total. The fraction of sp³-hybridized carbons (Fsp3) is 0.240. The van der Waals surface area contributed by atoms with Crippen LogP contribution in [0.3, 0.4) is 0 Å². The van der Waals surface area contributed by atoms with Crippen LogP contribution in [0, 0.1) is 6.92 Å². The number of primary amides is 1. The molecular weight excluding hydrogens is 561 g/mol. The summed E-state index contributed by atoms with van der Waals surface area (Å²) in [6.07, 6.45) is 0. The molecule has 0 saturated heterocycles. The molecule has 0 bridgehead atoms. The smallest absolute Gasteiger partial charge is 0.322 e. The number of rotatable bonds is 10. The van der Waals surface area contributed by atoms with Crippen molar-refractivity contribution in [3.8, 4) is 11.3 Å². The van der Waals surface area contributed by atoms with Crippen molar-refractivity contribution in [1.82, 2.24) is 9.71 Å². The molecule has 37 heavy (non-hydrogen) atoms. The van der Waals surface area contributed by atoms with E-state index in [0.29, 0.717) is 21.8 Å². The number of esters is 1. The second-order valence-electron chi connectivity index (χ2n) is 8.05. The van der Waals surface area contributed by atoms with E-state index in [0.717, 1.165) is 5.56 Å². The first-order valence-corrected chi connectivity index (χ1v) is 13.8. The van der Waals surface area contributed by atoms with Gasteiger partial charge in [0, 0.05) is 32.7 Å². The normalized spacial score (nSPS) is 12.2. The Morgan fingerprint density at radius 3 is 2.30 bits per heavy atom. The molecule has 0 fully saturated rings. The topological polar surface area (TPSA) is 128 Å². The fourth-order valence-electron chi connectivity index (χ4n) is 3.71. The maximum absolute atomic E-state index is 12.7. The van der Waals surface area contributed by atoms with E-state index < -0.39 is 33.6 Å². The highest BCUT2D eigenvalue weighted by molar-refractivity contribution is 7.90. The molecule has 1 unspecified atom stereocenters. The molecule has 3 rings (SSSR count). The van der Waals surface area contributed by atoms with Crippen molar-refractivity contribution < 1.29 is 22.7 Å². The number of carbonyl (C=O) groups is 2. The molecule has 8 nitrogen and oxygen atoms in total. The highest BCUT2D eigenvalue weighted by Crippen LogP contribution is 2.37. The van der Waals surface area contributed by atoms with Gasteiger partial charge in [-0.25, -0.2) is 13.1 Å². The minimum Gasteiger partial charge on any atom is -0.465 e. The summed E-state index contributed by atoms with van der Waals surface area (Å²) >= 11 is 19.1. The summed E-state index contributed by atoms with van der Waals surface area (Å²) in [5.41, 5.74) is 8.53. The predicted octanol–water partition coefficient (Wildman–Crippen LogP) is 4.62. The lowest BCUT2D eigenvalue weighted by Gasteiger charge is -2.19. The Morgan fingerprint density at radius 2 is 1.68 bits per heavy atom. The van der Waals surface area contributed by atoms with E-state index in [9.17, 15) is 18.0 Å². The number of nitrogens with two attached hydrogens (primary N) is 1. The molecule has 1 amide bonds. The molecule has 0 aliphatic carbocycles. The number of amides is 1. The third-order valence-corrected chi connectivity index (χ3v) is 7.70. The van der Waals surface area contributed by atoms with E-state index in [2.05, 4.69) is 9.71 Å². The quantitative estimate of drug-likeness (QED) is 0.335. The minimum absolute atomic E-state index is 0.0591. The number of halogens is 3. The number of hydrogen-bond donors (Lipinski definition) is 2. The molecule has 1 atom stereocenters. The first-order chi connectivity index (χ1) is 17.4. The van der Waals surface area contributed by atoms with Gasteiger partial charge in [0.2, 0.25) is 15.9 Å². The Hall–Kier alpha value is -2.69. The monoisotopic (exact) mass is 583 g/mol. The van der Waals surface area contributed by atoms with Crippen LogP contribution in [0.4, 0.5) is 0 Å². The first-order valence-electron chi connectivity index (χ1n) is 11.1. The van der Waals surface area contributed by atoms with Gasteiger partial charge in [0.1, 0.15) is 5.92 Å². The third-order valence-electron chi connectivity index (χ3n) is 5.43. The van der Waals surface area contributed by atoms with Crippen molar-refractivity contribution >= 4 is 56.7 Å². The summed E-state index contributed by atoms with van der Waals surface area (Å²) in [6, 6.07) is 13.2. The average Bonchev–Trinajstić information content (AvgIpc) is 2.81. The number of hydrogen-bond acceptors (Lipinski definition) is 6. The molecule has 12 heteroatoms. The molecule has 2 aromatic carbocycles. The zero-order valence-corrected chi connectivity index (χ0v) is 23.0. The Morgan fingerprint density at radius 1 is 1.05 bits per heavy atom. The van der Waals surface area contributed by atoms with Crippen LogP contribution in [0.25, 0.3) is 11.3 Å². The van der Waals surface area contributed by atoms with Gasteiger partial charge in [0.25, 0.3) is 0 Å². The van der Waals surface area contributed by atoms with Crippen LogP contribution in [0.15, 0.2) is 48.5 Å². The van der Waals surface area contributed by atoms with Crippen LogP contribution in [0.5, 0.6) is 0 Å². The SMILES string of the molecule is CCOC(=O)CS(=O)(=O)NCc1cc(-c2cccc(Cl)c2C)nc(C(C(N)=O)c2c(Cl)cccc2Cl)c1. The Kier molecular flexibility index (Phi) is 9.55. The highest BCUT2D eigenvalue weighted by atomic mass is 35.5. The number of nitrogens with zero attached hydrogens (tertiary/aromatic N) is 1. The summed E-state index contributed by atoms with van der Waals surface area (Å²) < 4.78 is 32.0. The van der Waals surface area contributed by atoms with E-state index in [1.807, 2.05) is 6.92 Å². The highest BCUT2D eigenvalue weighted by Gasteiger charge is 2.28. The average molecular weight is 585 g/mol. The summed E-state index contributed by atoms with van der Waals surface area (Å²) in [5.74, 6) is -3.59. The van der Waals surface area contributed by atoms with Crippen molar-refractivity contribution in [2.24, 2.45) is 5.73 Å². The van der Waals surface area contributed by atoms with E-state index >= 15 is 0 Å². The molecule has 0 aliphatic rings. The maximum atomic E-state index is 12.7. The zero-order valence-electron chi connectivity index (χ0n) is 19.9. The van der Waals surface area contributed by atoms with Crippen LogP contribution in [0.2, 0.25) is 15.1 Å². The van der Waals surface area contributed by atoms with Crippen molar-refractivity contribution in [2.45, 2.75) is 26.3 Å². The second kappa shape index (κ2) is 12.2. The van der Waals surface area contributed by atoms with Crippen LogP contribution < -0.4 is 10.5 Å². The molecule has 1 aromatic heterocycles. The van der Waals surface area contributed by atoms with Gasteiger partial charge >= 0.3 is 5.97 Å². The second-order valence-corrected chi connectivity index (χ2v) is 11.1. The van der Waals surface area contributed by atoms with Gasteiger partial charge in [0.15, 0.2) is 5.75 Å². The number of pyridine rings is 1. The molecule has 0 aliphatic heterocycles. The van der Waals surface area contributed by atoms with Crippen LogP contribution in [-0.2, 0) is 30.9 Å². The van der Waals surface area contributed by atoms with Crippen molar-refractivity contribution in [3.05, 3.63) is 86.0 Å². The number of sulfonamides is 1. The summed E-state index contributed by atoms with van der Waals surface area (Å²) in [4.78, 5) is 29.0. The Bertz CT molecular complexity index is 1430.